The van der Waals surface area contributed by atoms with Crippen LogP contribution in [0.5, 0.6) is 0 Å². The van der Waals surface area contributed by atoms with E-state index in [1.54, 1.807) is 6.33 Å². The minimum atomic E-state index is -0.646. The van der Waals surface area contributed by atoms with Gasteiger partial charge in [-0.15, -0.1) is 0 Å². The number of amides is 2. The van der Waals surface area contributed by atoms with Gasteiger partial charge >= 0.3 is 6.09 Å². The Morgan fingerprint density at radius 1 is 1.02 bits per heavy atom. The Bertz CT molecular complexity index is 1710. The molecule has 2 aromatic carbocycles. The lowest BCUT2D eigenvalue weighted by Gasteiger charge is -2.30. The first-order valence-corrected chi connectivity index (χ1v) is 16.1. The number of para-hydroxylation sites is 1. The van der Waals surface area contributed by atoms with Crippen LogP contribution in [0.2, 0.25) is 0 Å². The highest BCUT2D eigenvalue weighted by molar-refractivity contribution is 5.91. The molecular formula is C35H41N7O3. The number of hydrogen-bond donors (Lipinski definition) is 3. The van der Waals surface area contributed by atoms with Gasteiger partial charge in [0.1, 0.15) is 24.0 Å². The Labute approximate surface area is 263 Å². The summed E-state index contributed by atoms with van der Waals surface area (Å²) in [4.78, 5) is 45.2. The summed E-state index contributed by atoms with van der Waals surface area (Å²) >= 11 is 0. The molecule has 2 aliphatic carbocycles. The molecule has 0 unspecified atom stereocenters. The highest BCUT2D eigenvalue weighted by Gasteiger charge is 2.56. The van der Waals surface area contributed by atoms with Crippen LogP contribution in [0.25, 0.3) is 10.9 Å². The maximum absolute atomic E-state index is 13.6. The van der Waals surface area contributed by atoms with Gasteiger partial charge in [-0.05, 0) is 86.1 Å². The molecule has 1 aliphatic heterocycles. The number of imidazole rings is 1. The van der Waals surface area contributed by atoms with E-state index in [-0.39, 0.29) is 28.7 Å². The molecule has 10 heteroatoms. The van der Waals surface area contributed by atoms with Crippen LogP contribution in [0.4, 0.5) is 16.3 Å². The monoisotopic (exact) mass is 607 g/mol. The smallest absolute Gasteiger partial charge is 0.407 e. The Morgan fingerprint density at radius 2 is 1.80 bits per heavy atom. The summed E-state index contributed by atoms with van der Waals surface area (Å²) in [5, 5.41) is 7.26. The maximum atomic E-state index is 13.6. The van der Waals surface area contributed by atoms with Crippen molar-refractivity contribution in [3.8, 4) is 0 Å². The Morgan fingerprint density at radius 3 is 2.56 bits per heavy atom. The number of nitrogens with one attached hydrogen (secondary N) is 3. The van der Waals surface area contributed by atoms with Crippen LogP contribution in [0.1, 0.15) is 81.9 Å². The lowest BCUT2D eigenvalue weighted by molar-refractivity contribution is -0.135. The van der Waals surface area contributed by atoms with E-state index in [0.717, 1.165) is 73.2 Å². The van der Waals surface area contributed by atoms with Crippen LogP contribution < -0.4 is 10.6 Å². The normalized spacial score (nSPS) is 24.7. The quantitative estimate of drug-likeness (QED) is 0.215. The number of hydrogen-bond acceptors (Lipinski definition) is 7. The van der Waals surface area contributed by atoms with Crippen LogP contribution in [-0.4, -0.2) is 56.5 Å². The van der Waals surface area contributed by atoms with Gasteiger partial charge in [-0.25, -0.2) is 19.7 Å². The molecule has 2 atom stereocenters. The van der Waals surface area contributed by atoms with Crippen molar-refractivity contribution < 1.29 is 14.3 Å². The fourth-order valence-corrected chi connectivity index (χ4v) is 8.08. The number of benzene rings is 2. The number of carbonyl (C=O) groups is 2. The molecule has 3 aliphatic rings. The van der Waals surface area contributed by atoms with Crippen molar-refractivity contribution in [1.29, 1.82) is 0 Å². The Kier molecular flexibility index (Phi) is 7.46. The Hall–Kier alpha value is -4.47. The zero-order valence-electron chi connectivity index (χ0n) is 26.2. The molecule has 3 heterocycles. The average molecular weight is 608 g/mol. The van der Waals surface area contributed by atoms with Gasteiger partial charge in [0.2, 0.25) is 5.91 Å². The van der Waals surface area contributed by atoms with E-state index in [2.05, 4.69) is 43.8 Å². The van der Waals surface area contributed by atoms with Crippen LogP contribution >= 0.6 is 0 Å². The minimum Gasteiger partial charge on any atom is -0.453 e. The molecule has 4 aromatic rings. The maximum Gasteiger partial charge on any atom is 0.407 e. The van der Waals surface area contributed by atoms with Crippen molar-refractivity contribution >= 4 is 34.4 Å². The molecule has 45 heavy (non-hydrogen) atoms. The SMILES string of the molecule is COC(=O)N[C@H](C(=O)N1CCC[C@H]1c1ncc([C@]23CC[C@](c4ccc5ncnc(Nc6ccccc6)c5c4)(CC2)C3)[nH]1)C(C)C. The lowest BCUT2D eigenvalue weighted by atomic mass is 9.77. The number of methoxy groups -OCH3 is 1. The van der Waals surface area contributed by atoms with Crippen LogP contribution in [0, 0.1) is 5.92 Å². The van der Waals surface area contributed by atoms with Crippen molar-refractivity contribution in [1.82, 2.24) is 30.2 Å². The van der Waals surface area contributed by atoms with Crippen molar-refractivity contribution in [2.24, 2.45) is 5.92 Å². The fraction of sp³-hybridized carbons (Fsp3) is 0.457. The zero-order chi connectivity index (χ0) is 31.2. The summed E-state index contributed by atoms with van der Waals surface area (Å²) in [6.45, 7) is 4.51. The van der Waals surface area contributed by atoms with Crippen molar-refractivity contribution in [3.05, 3.63) is 78.1 Å². The van der Waals surface area contributed by atoms with Crippen molar-refractivity contribution in [2.45, 2.75) is 81.7 Å². The number of anilines is 2. The molecule has 3 fully saturated rings. The molecule has 234 valence electrons. The summed E-state index contributed by atoms with van der Waals surface area (Å²) in [6, 6.07) is 16.0. The van der Waals surface area contributed by atoms with E-state index >= 15 is 0 Å². The molecule has 1 saturated heterocycles. The molecule has 10 nitrogen and oxygen atoms in total. The van der Waals surface area contributed by atoms with E-state index in [0.29, 0.717) is 6.54 Å². The third kappa shape index (κ3) is 5.19. The highest BCUT2D eigenvalue weighted by atomic mass is 16.5. The van der Waals surface area contributed by atoms with E-state index < -0.39 is 12.1 Å². The molecule has 3 N–H and O–H groups in total. The predicted molar refractivity (Wildman–Crippen MR) is 172 cm³/mol. The van der Waals surface area contributed by atoms with Gasteiger partial charge in [0, 0.05) is 34.9 Å². The number of alkyl carbamates (subject to hydrolysis) is 1. The minimum absolute atomic E-state index is 0.0405. The van der Waals surface area contributed by atoms with E-state index in [1.165, 1.54) is 18.4 Å². The summed E-state index contributed by atoms with van der Waals surface area (Å²) < 4.78 is 4.79. The van der Waals surface area contributed by atoms with Crippen LogP contribution in [0.15, 0.2) is 61.1 Å². The van der Waals surface area contributed by atoms with E-state index in [1.807, 2.05) is 55.3 Å². The van der Waals surface area contributed by atoms with Crippen molar-refractivity contribution in [2.75, 3.05) is 19.0 Å². The van der Waals surface area contributed by atoms with Gasteiger partial charge in [0.05, 0.1) is 18.7 Å². The van der Waals surface area contributed by atoms with Crippen LogP contribution in [-0.2, 0) is 20.4 Å². The molecule has 2 aromatic heterocycles. The first kappa shape index (κ1) is 29.3. The summed E-state index contributed by atoms with van der Waals surface area (Å²) in [7, 11) is 1.31. The first-order chi connectivity index (χ1) is 21.8. The molecule has 2 bridgehead atoms. The second kappa shape index (κ2) is 11.5. The summed E-state index contributed by atoms with van der Waals surface area (Å²) in [5.74, 6) is 1.51. The largest absolute Gasteiger partial charge is 0.453 e. The average Bonchev–Trinajstić information content (AvgIpc) is 3.87. The van der Waals surface area contributed by atoms with Gasteiger partial charge in [0.15, 0.2) is 0 Å². The second-order valence-electron chi connectivity index (χ2n) is 13.4. The van der Waals surface area contributed by atoms with Gasteiger partial charge in [-0.3, -0.25) is 4.79 Å². The zero-order valence-corrected chi connectivity index (χ0v) is 26.2. The number of rotatable bonds is 8. The molecule has 0 radical (unpaired) electrons. The number of fused-ring (bicyclic) bond motifs is 3. The van der Waals surface area contributed by atoms with E-state index in [4.69, 9.17) is 9.72 Å². The number of aromatic amines is 1. The molecule has 7 rings (SSSR count). The lowest BCUT2D eigenvalue weighted by Crippen LogP contribution is -2.51. The standard InChI is InChI=1S/C35H41N7O3/c1-22(2)29(41-33(44)45-3)32(43)42-17-7-10-27(42)31-36-19-28(40-31)35-15-13-34(20-35,14-16-35)23-11-12-26-25(18-23)30(38-21-37-26)39-24-8-5-4-6-9-24/h4-6,8-9,11-12,18-19,21-22,27,29H,7,10,13-17,20H2,1-3H3,(H,36,40)(H,41,44)(H,37,38,39)/t27-,29-,34-,35+/m0/s1. The summed E-state index contributed by atoms with van der Waals surface area (Å²) in [5.41, 5.74) is 4.60. The third-order valence-electron chi connectivity index (χ3n) is 10.5. The number of ether oxygens (including phenoxy) is 1. The van der Waals surface area contributed by atoms with Gasteiger partial charge < -0.3 is 25.3 Å². The molecule has 2 amide bonds. The van der Waals surface area contributed by atoms with Gasteiger partial charge in [0.25, 0.3) is 0 Å². The number of aromatic nitrogens is 4. The first-order valence-electron chi connectivity index (χ1n) is 16.1. The second-order valence-corrected chi connectivity index (χ2v) is 13.4. The number of nitrogens with zero attached hydrogens (tertiary/aromatic N) is 4. The topological polar surface area (TPSA) is 125 Å². The highest BCUT2D eigenvalue weighted by Crippen LogP contribution is 2.63. The van der Waals surface area contributed by atoms with Gasteiger partial charge in [-0.2, -0.15) is 0 Å². The number of likely N-dealkylation sites (tertiary alicyclic amines) is 1. The molecular weight excluding hydrogens is 566 g/mol. The summed E-state index contributed by atoms with van der Waals surface area (Å²) in [6.07, 6.45) is 10.3. The number of carbonyl (C=O) groups excluding carboxylic acids is 2. The van der Waals surface area contributed by atoms with E-state index in [9.17, 15) is 9.59 Å². The van der Waals surface area contributed by atoms with Crippen LogP contribution in [0.3, 0.4) is 0 Å². The fourth-order valence-electron chi connectivity index (χ4n) is 8.08. The molecule has 0 spiro atoms. The third-order valence-corrected chi connectivity index (χ3v) is 10.5. The van der Waals surface area contributed by atoms with Crippen molar-refractivity contribution in [3.63, 3.8) is 0 Å². The molecule has 2 saturated carbocycles. The number of H-pyrrole nitrogens is 1. The van der Waals surface area contributed by atoms with Gasteiger partial charge in [-0.1, -0.05) is 38.1 Å². The Balaban J connectivity index is 1.12. The predicted octanol–water partition coefficient (Wildman–Crippen LogP) is 6.29.